The maximum Gasteiger partial charge on any atom is 0.0835 e. The number of hydrogen-bond acceptors (Lipinski definition) is 2. The summed E-state index contributed by atoms with van der Waals surface area (Å²) < 4.78 is 6.26. The smallest absolute Gasteiger partial charge is 0.0835 e. The molecule has 0 saturated heterocycles. The summed E-state index contributed by atoms with van der Waals surface area (Å²) in [6, 6.07) is 0.257. The first-order chi connectivity index (χ1) is 9.61. The minimum Gasteiger partial charge on any atom is -0.374 e. The second kappa shape index (κ2) is 7.26. The summed E-state index contributed by atoms with van der Waals surface area (Å²) in [6.07, 6.45) is 11.7. The molecule has 2 aliphatic rings. The van der Waals surface area contributed by atoms with E-state index >= 15 is 0 Å². The van der Waals surface area contributed by atoms with Gasteiger partial charge in [-0.3, -0.25) is 0 Å². The van der Waals surface area contributed by atoms with Crippen molar-refractivity contribution in [3.8, 4) is 0 Å². The molecule has 1 unspecified atom stereocenters. The van der Waals surface area contributed by atoms with Crippen LogP contribution in [0.4, 0.5) is 0 Å². The van der Waals surface area contributed by atoms with Crippen molar-refractivity contribution in [2.24, 2.45) is 23.5 Å². The van der Waals surface area contributed by atoms with Gasteiger partial charge in [-0.15, -0.1) is 0 Å². The molecular formula is C18H35NO. The Balaban J connectivity index is 1.98. The van der Waals surface area contributed by atoms with Crippen molar-refractivity contribution in [3.63, 3.8) is 0 Å². The Bertz CT molecular complexity index is 275. The van der Waals surface area contributed by atoms with E-state index in [1.807, 2.05) is 0 Å². The van der Waals surface area contributed by atoms with Crippen LogP contribution >= 0.6 is 0 Å². The Hall–Kier alpha value is -0.0800. The van der Waals surface area contributed by atoms with E-state index in [0.717, 1.165) is 18.4 Å². The lowest BCUT2D eigenvalue weighted by atomic mass is 9.68. The van der Waals surface area contributed by atoms with Gasteiger partial charge in [-0.05, 0) is 63.2 Å². The zero-order chi connectivity index (χ0) is 14.6. The van der Waals surface area contributed by atoms with Crippen molar-refractivity contribution >= 4 is 0 Å². The molecule has 0 aromatic carbocycles. The lowest BCUT2D eigenvalue weighted by Gasteiger charge is -2.47. The third kappa shape index (κ3) is 3.57. The molecule has 0 bridgehead atoms. The van der Waals surface area contributed by atoms with E-state index in [9.17, 15) is 0 Å². The van der Waals surface area contributed by atoms with E-state index in [4.69, 9.17) is 10.5 Å². The van der Waals surface area contributed by atoms with Crippen LogP contribution in [0.2, 0.25) is 0 Å². The summed E-state index contributed by atoms with van der Waals surface area (Å²) in [5.74, 6) is 2.50. The fourth-order valence-electron chi connectivity index (χ4n) is 4.50. The Morgan fingerprint density at radius 3 is 2.15 bits per heavy atom. The summed E-state index contributed by atoms with van der Waals surface area (Å²) in [5.41, 5.74) is 6.74. The number of rotatable bonds is 5. The molecule has 2 nitrogen and oxygen atoms in total. The van der Waals surface area contributed by atoms with Crippen LogP contribution in [0.3, 0.4) is 0 Å². The molecule has 2 aliphatic carbocycles. The molecule has 2 N–H and O–H groups in total. The van der Waals surface area contributed by atoms with Gasteiger partial charge in [0, 0.05) is 12.6 Å². The average Bonchev–Trinajstić information content (AvgIpc) is 2.49. The summed E-state index contributed by atoms with van der Waals surface area (Å²) in [5, 5.41) is 0. The van der Waals surface area contributed by atoms with Gasteiger partial charge in [0.15, 0.2) is 0 Å². The molecule has 2 saturated carbocycles. The van der Waals surface area contributed by atoms with Gasteiger partial charge in [0.1, 0.15) is 0 Å². The quantitative estimate of drug-likeness (QED) is 0.804. The Morgan fingerprint density at radius 2 is 1.65 bits per heavy atom. The Labute approximate surface area is 125 Å². The van der Waals surface area contributed by atoms with E-state index < -0.39 is 0 Å². The van der Waals surface area contributed by atoms with Gasteiger partial charge in [0.05, 0.1) is 5.60 Å². The van der Waals surface area contributed by atoms with Gasteiger partial charge in [-0.25, -0.2) is 0 Å². The highest BCUT2D eigenvalue weighted by atomic mass is 16.5. The molecule has 20 heavy (non-hydrogen) atoms. The lowest BCUT2D eigenvalue weighted by Crippen LogP contribution is -2.56. The summed E-state index contributed by atoms with van der Waals surface area (Å²) >= 11 is 0. The van der Waals surface area contributed by atoms with Crippen LogP contribution in [0, 0.1) is 17.8 Å². The van der Waals surface area contributed by atoms with Crippen LogP contribution in [-0.4, -0.2) is 18.2 Å². The average molecular weight is 281 g/mol. The monoisotopic (exact) mass is 281 g/mol. The number of hydrogen-bond donors (Lipinski definition) is 1. The maximum atomic E-state index is 6.75. The molecule has 118 valence electrons. The van der Waals surface area contributed by atoms with Crippen molar-refractivity contribution in [2.45, 2.75) is 90.2 Å². The highest BCUT2D eigenvalue weighted by molar-refractivity contribution is 4.99. The van der Waals surface area contributed by atoms with E-state index in [1.54, 1.807) is 0 Å². The highest BCUT2D eigenvalue weighted by Crippen LogP contribution is 2.42. The van der Waals surface area contributed by atoms with E-state index in [2.05, 4.69) is 20.8 Å². The maximum absolute atomic E-state index is 6.75. The fraction of sp³-hybridized carbons (Fsp3) is 1.00. The van der Waals surface area contributed by atoms with Crippen LogP contribution in [-0.2, 0) is 4.74 Å². The predicted molar refractivity (Wildman–Crippen MR) is 85.7 cm³/mol. The number of nitrogens with two attached hydrogens (primary N) is 1. The predicted octanol–water partition coefficient (Wildman–Crippen LogP) is 4.52. The Morgan fingerprint density at radius 1 is 1.05 bits per heavy atom. The first-order valence-electron chi connectivity index (χ1n) is 9.00. The van der Waals surface area contributed by atoms with Crippen molar-refractivity contribution in [2.75, 3.05) is 6.61 Å². The lowest BCUT2D eigenvalue weighted by molar-refractivity contribution is -0.103. The van der Waals surface area contributed by atoms with Crippen LogP contribution in [0.1, 0.15) is 78.6 Å². The fourth-order valence-corrected chi connectivity index (χ4v) is 4.50. The van der Waals surface area contributed by atoms with Gasteiger partial charge in [-0.2, -0.15) is 0 Å². The van der Waals surface area contributed by atoms with Crippen LogP contribution < -0.4 is 5.73 Å². The second-order valence-electron chi connectivity index (χ2n) is 7.40. The van der Waals surface area contributed by atoms with Gasteiger partial charge in [0.2, 0.25) is 0 Å². The van der Waals surface area contributed by atoms with Crippen molar-refractivity contribution < 1.29 is 4.74 Å². The molecule has 2 rings (SSSR count). The zero-order valence-corrected chi connectivity index (χ0v) is 13.9. The van der Waals surface area contributed by atoms with Gasteiger partial charge >= 0.3 is 0 Å². The molecule has 0 spiro atoms. The van der Waals surface area contributed by atoms with Gasteiger partial charge in [-0.1, -0.05) is 33.1 Å². The minimum atomic E-state index is -0.00895. The molecule has 2 fully saturated rings. The summed E-state index contributed by atoms with van der Waals surface area (Å²) in [6.45, 7) is 7.63. The SMILES string of the molecule is CCOC1(C(N)C2CCC(CC)CC2)CCC(C)CC1. The second-order valence-corrected chi connectivity index (χ2v) is 7.40. The largest absolute Gasteiger partial charge is 0.374 e. The molecule has 0 aromatic heterocycles. The molecular weight excluding hydrogens is 246 g/mol. The van der Waals surface area contributed by atoms with Crippen molar-refractivity contribution in [1.29, 1.82) is 0 Å². The van der Waals surface area contributed by atoms with Crippen LogP contribution in [0.5, 0.6) is 0 Å². The highest BCUT2D eigenvalue weighted by Gasteiger charge is 2.44. The van der Waals surface area contributed by atoms with Crippen LogP contribution in [0.15, 0.2) is 0 Å². The van der Waals surface area contributed by atoms with Crippen molar-refractivity contribution in [3.05, 3.63) is 0 Å². The Kier molecular flexibility index (Phi) is 5.92. The van der Waals surface area contributed by atoms with Crippen molar-refractivity contribution in [1.82, 2.24) is 0 Å². The normalized spacial score (nSPS) is 40.5. The van der Waals surface area contributed by atoms with Gasteiger partial charge in [0.25, 0.3) is 0 Å². The van der Waals surface area contributed by atoms with E-state index in [0.29, 0.717) is 5.92 Å². The summed E-state index contributed by atoms with van der Waals surface area (Å²) in [7, 11) is 0. The van der Waals surface area contributed by atoms with E-state index in [1.165, 1.54) is 57.8 Å². The zero-order valence-electron chi connectivity index (χ0n) is 13.9. The molecule has 0 amide bonds. The van der Waals surface area contributed by atoms with E-state index in [-0.39, 0.29) is 11.6 Å². The third-order valence-corrected chi connectivity index (χ3v) is 6.14. The molecule has 1 atom stereocenters. The molecule has 0 heterocycles. The molecule has 0 radical (unpaired) electrons. The minimum absolute atomic E-state index is 0.00895. The van der Waals surface area contributed by atoms with Gasteiger partial charge < -0.3 is 10.5 Å². The third-order valence-electron chi connectivity index (χ3n) is 6.14. The standard InChI is InChI=1S/C18H35NO/c1-4-15-6-8-16(9-7-15)17(19)18(20-5-2)12-10-14(3)11-13-18/h14-17H,4-13,19H2,1-3H3. The summed E-state index contributed by atoms with van der Waals surface area (Å²) in [4.78, 5) is 0. The molecule has 2 heteroatoms. The van der Waals surface area contributed by atoms with Crippen LogP contribution in [0.25, 0.3) is 0 Å². The topological polar surface area (TPSA) is 35.2 Å². The molecule has 0 aromatic rings. The first kappa shape index (κ1) is 16.3. The number of ether oxygens (including phenoxy) is 1. The first-order valence-corrected chi connectivity index (χ1v) is 9.00. The molecule has 0 aliphatic heterocycles.